The molecule has 1 aliphatic carbocycles. The van der Waals surface area contributed by atoms with Gasteiger partial charge in [0.1, 0.15) is 0 Å². The minimum atomic E-state index is -0.777. The van der Waals surface area contributed by atoms with Crippen LogP contribution in [0.4, 0.5) is 0 Å². The summed E-state index contributed by atoms with van der Waals surface area (Å²) < 4.78 is 5.50. The number of rotatable bonds is 4. The van der Waals surface area contributed by atoms with Crippen molar-refractivity contribution in [1.82, 2.24) is 4.90 Å². The summed E-state index contributed by atoms with van der Waals surface area (Å²) in [5.74, 6) is -0.166. The second kappa shape index (κ2) is 5.31. The van der Waals surface area contributed by atoms with Crippen molar-refractivity contribution in [3.8, 4) is 0 Å². The van der Waals surface area contributed by atoms with Crippen LogP contribution in [0.1, 0.15) is 23.5 Å². The Balaban J connectivity index is 1.55. The maximum atomic E-state index is 10.7. The van der Waals surface area contributed by atoms with Crippen LogP contribution >= 0.6 is 0 Å². The zero-order chi connectivity index (χ0) is 13.2. The zero-order valence-electron chi connectivity index (χ0n) is 10.9. The highest BCUT2D eigenvalue weighted by molar-refractivity contribution is 5.67. The van der Waals surface area contributed by atoms with Crippen molar-refractivity contribution < 1.29 is 14.6 Å². The van der Waals surface area contributed by atoms with E-state index in [1.165, 1.54) is 11.1 Å². The molecule has 2 aliphatic rings. The fourth-order valence-electron chi connectivity index (χ4n) is 3.10. The fourth-order valence-corrected chi connectivity index (χ4v) is 3.10. The van der Waals surface area contributed by atoms with Crippen molar-refractivity contribution in [2.45, 2.75) is 24.9 Å². The number of benzene rings is 1. The predicted molar refractivity (Wildman–Crippen MR) is 71.3 cm³/mol. The van der Waals surface area contributed by atoms with E-state index in [1.807, 2.05) is 0 Å². The quantitative estimate of drug-likeness (QED) is 0.892. The van der Waals surface area contributed by atoms with E-state index in [2.05, 4.69) is 29.2 Å². The number of carboxylic acids is 1. The number of hydrogen-bond donors (Lipinski definition) is 1. The van der Waals surface area contributed by atoms with Gasteiger partial charge >= 0.3 is 5.97 Å². The van der Waals surface area contributed by atoms with Gasteiger partial charge in [-0.15, -0.1) is 0 Å². The summed E-state index contributed by atoms with van der Waals surface area (Å²) in [6, 6.07) is 8.58. The molecule has 0 bridgehead atoms. The van der Waals surface area contributed by atoms with Gasteiger partial charge in [0.2, 0.25) is 0 Å². The number of ether oxygens (including phenoxy) is 1. The molecule has 1 fully saturated rings. The van der Waals surface area contributed by atoms with Crippen molar-refractivity contribution >= 4 is 5.97 Å². The highest BCUT2D eigenvalue weighted by Crippen LogP contribution is 2.35. The zero-order valence-corrected chi connectivity index (χ0v) is 10.9. The molecular weight excluding hydrogens is 242 g/mol. The fraction of sp³-hybridized carbons (Fsp3) is 0.533. The molecule has 3 rings (SSSR count). The highest BCUT2D eigenvalue weighted by atomic mass is 16.5. The molecule has 4 nitrogen and oxygen atoms in total. The summed E-state index contributed by atoms with van der Waals surface area (Å²) in [6.07, 6.45) is 1.11. The average molecular weight is 261 g/mol. The molecule has 0 spiro atoms. The average Bonchev–Trinajstić information content (AvgIpc) is 2.36. The number of morpholine rings is 1. The Hall–Kier alpha value is -1.39. The summed E-state index contributed by atoms with van der Waals surface area (Å²) in [4.78, 5) is 13.1. The number of carboxylic acid groups (broad SMARTS) is 1. The molecule has 0 aromatic heterocycles. The van der Waals surface area contributed by atoms with Gasteiger partial charge in [-0.25, -0.2) is 0 Å². The van der Waals surface area contributed by atoms with Crippen molar-refractivity contribution in [2.75, 3.05) is 26.2 Å². The molecule has 1 saturated heterocycles. The molecule has 0 amide bonds. The number of fused-ring (bicyclic) bond motifs is 1. The summed E-state index contributed by atoms with van der Waals surface area (Å²) in [5, 5.41) is 8.82. The lowest BCUT2D eigenvalue weighted by atomic mass is 9.77. The van der Waals surface area contributed by atoms with Crippen LogP contribution in [0.2, 0.25) is 0 Å². The van der Waals surface area contributed by atoms with Crippen LogP contribution in [0, 0.1) is 0 Å². The minimum absolute atomic E-state index is 0.109. The van der Waals surface area contributed by atoms with Crippen molar-refractivity contribution in [2.24, 2.45) is 0 Å². The molecule has 2 unspecified atom stereocenters. The summed E-state index contributed by atoms with van der Waals surface area (Å²) >= 11 is 0. The molecule has 1 aromatic rings. The van der Waals surface area contributed by atoms with Gasteiger partial charge < -0.3 is 9.84 Å². The van der Waals surface area contributed by atoms with Gasteiger partial charge in [-0.1, -0.05) is 24.3 Å². The third-order valence-corrected chi connectivity index (χ3v) is 4.07. The normalized spacial score (nSPS) is 26.5. The first-order valence-corrected chi connectivity index (χ1v) is 6.86. The number of carbonyl (C=O) groups is 1. The molecule has 1 aliphatic heterocycles. The van der Waals surface area contributed by atoms with E-state index in [0.29, 0.717) is 12.5 Å². The number of hydrogen-bond acceptors (Lipinski definition) is 3. The van der Waals surface area contributed by atoms with Gasteiger partial charge in [0.05, 0.1) is 19.1 Å². The van der Waals surface area contributed by atoms with Gasteiger partial charge in [-0.05, 0) is 17.5 Å². The summed E-state index contributed by atoms with van der Waals surface area (Å²) in [6.45, 7) is 3.32. The molecular formula is C15H19NO3. The molecule has 1 aromatic carbocycles. The number of nitrogens with zero attached hydrogens (tertiary/aromatic N) is 1. The predicted octanol–water partition coefficient (Wildman–Crippen LogP) is 1.50. The van der Waals surface area contributed by atoms with E-state index < -0.39 is 5.97 Å². The standard InChI is InChI=1S/C15H19NO3/c17-15(18)8-13-10-16(5-6-19-13)9-12-7-11-3-1-2-4-14(11)12/h1-4,12-13H,5-10H2,(H,17,18). The van der Waals surface area contributed by atoms with Gasteiger partial charge in [0, 0.05) is 25.6 Å². The summed E-state index contributed by atoms with van der Waals surface area (Å²) in [5.41, 5.74) is 2.92. The molecule has 19 heavy (non-hydrogen) atoms. The first-order valence-electron chi connectivity index (χ1n) is 6.86. The Morgan fingerprint density at radius 2 is 2.26 bits per heavy atom. The lowest BCUT2D eigenvalue weighted by molar-refractivity contribution is -0.142. The van der Waals surface area contributed by atoms with E-state index in [4.69, 9.17) is 9.84 Å². The smallest absolute Gasteiger partial charge is 0.306 e. The Bertz CT molecular complexity index is 474. The van der Waals surface area contributed by atoms with Crippen LogP contribution in [0.5, 0.6) is 0 Å². The second-order valence-corrected chi connectivity index (χ2v) is 5.45. The Morgan fingerprint density at radius 1 is 1.42 bits per heavy atom. The third kappa shape index (κ3) is 2.80. The SMILES string of the molecule is O=C(O)CC1CN(CC2Cc3ccccc32)CCO1. The van der Waals surface area contributed by atoms with Crippen LogP contribution in [0.15, 0.2) is 24.3 Å². The monoisotopic (exact) mass is 261 g/mol. The Labute approximate surface area is 113 Å². The lowest BCUT2D eigenvalue weighted by Gasteiger charge is -2.38. The maximum Gasteiger partial charge on any atom is 0.306 e. The van der Waals surface area contributed by atoms with Crippen LogP contribution in [-0.2, 0) is 16.0 Å². The molecule has 1 N–H and O–H groups in total. The molecule has 2 atom stereocenters. The van der Waals surface area contributed by atoms with E-state index in [9.17, 15) is 4.79 Å². The van der Waals surface area contributed by atoms with E-state index in [0.717, 1.165) is 26.1 Å². The maximum absolute atomic E-state index is 10.7. The molecule has 0 radical (unpaired) electrons. The Morgan fingerprint density at radius 3 is 3.05 bits per heavy atom. The van der Waals surface area contributed by atoms with Gasteiger partial charge in [-0.3, -0.25) is 9.69 Å². The van der Waals surface area contributed by atoms with Crippen LogP contribution in [0.25, 0.3) is 0 Å². The molecule has 0 saturated carbocycles. The molecule has 1 heterocycles. The van der Waals surface area contributed by atoms with Gasteiger partial charge in [-0.2, -0.15) is 0 Å². The first-order chi connectivity index (χ1) is 9.22. The van der Waals surface area contributed by atoms with Crippen molar-refractivity contribution in [3.63, 3.8) is 0 Å². The third-order valence-electron chi connectivity index (χ3n) is 4.07. The molecule has 4 heteroatoms. The van der Waals surface area contributed by atoms with Crippen LogP contribution in [0.3, 0.4) is 0 Å². The van der Waals surface area contributed by atoms with Crippen molar-refractivity contribution in [1.29, 1.82) is 0 Å². The Kier molecular flexibility index (Phi) is 3.53. The van der Waals surface area contributed by atoms with Crippen LogP contribution in [-0.4, -0.2) is 48.3 Å². The van der Waals surface area contributed by atoms with E-state index in [-0.39, 0.29) is 12.5 Å². The highest BCUT2D eigenvalue weighted by Gasteiger charge is 2.30. The largest absolute Gasteiger partial charge is 0.481 e. The minimum Gasteiger partial charge on any atom is -0.481 e. The van der Waals surface area contributed by atoms with Crippen molar-refractivity contribution in [3.05, 3.63) is 35.4 Å². The summed E-state index contributed by atoms with van der Waals surface area (Å²) in [7, 11) is 0. The number of aliphatic carboxylic acids is 1. The first kappa shape index (κ1) is 12.6. The lowest BCUT2D eigenvalue weighted by Crippen LogP contribution is -2.46. The second-order valence-electron chi connectivity index (χ2n) is 5.45. The van der Waals surface area contributed by atoms with Crippen LogP contribution < -0.4 is 0 Å². The van der Waals surface area contributed by atoms with E-state index in [1.54, 1.807) is 0 Å². The topological polar surface area (TPSA) is 49.8 Å². The molecule has 102 valence electrons. The van der Waals surface area contributed by atoms with E-state index >= 15 is 0 Å². The van der Waals surface area contributed by atoms with Gasteiger partial charge in [0.25, 0.3) is 0 Å². The van der Waals surface area contributed by atoms with Gasteiger partial charge in [0.15, 0.2) is 0 Å².